The number of carbonyl (C=O) groups is 2. The first-order valence-corrected chi connectivity index (χ1v) is 12.6. The summed E-state index contributed by atoms with van der Waals surface area (Å²) < 4.78 is 1.81. The van der Waals surface area contributed by atoms with Gasteiger partial charge in [0.1, 0.15) is 0 Å². The molecule has 2 heterocycles. The maximum Gasteiger partial charge on any atom is 0.255 e. The van der Waals surface area contributed by atoms with Gasteiger partial charge in [-0.3, -0.25) is 9.59 Å². The highest BCUT2D eigenvalue weighted by Crippen LogP contribution is 2.24. The summed E-state index contributed by atoms with van der Waals surface area (Å²) in [4.78, 5) is 27.3. The van der Waals surface area contributed by atoms with Gasteiger partial charge in [-0.25, -0.2) is 4.68 Å². The van der Waals surface area contributed by atoms with Gasteiger partial charge in [0.25, 0.3) is 11.8 Å². The molecule has 4 aromatic rings. The first kappa shape index (κ1) is 24.5. The summed E-state index contributed by atoms with van der Waals surface area (Å²) in [5.74, 6) is -0.282. The van der Waals surface area contributed by atoms with Crippen LogP contribution in [0, 0.1) is 0 Å². The molecule has 3 aromatic carbocycles. The van der Waals surface area contributed by atoms with Gasteiger partial charge >= 0.3 is 0 Å². The molecule has 1 fully saturated rings. The summed E-state index contributed by atoms with van der Waals surface area (Å²) in [6.07, 6.45) is 3.08. The molecule has 0 spiro atoms. The van der Waals surface area contributed by atoms with E-state index in [4.69, 9.17) is 0 Å². The number of hydrogen-bond donors (Lipinski definition) is 3. The molecule has 0 bridgehead atoms. The molecule has 0 radical (unpaired) electrons. The van der Waals surface area contributed by atoms with Gasteiger partial charge in [0, 0.05) is 47.0 Å². The van der Waals surface area contributed by atoms with Crippen LogP contribution in [-0.2, 0) is 0 Å². The van der Waals surface area contributed by atoms with E-state index in [1.54, 1.807) is 18.3 Å². The predicted octanol–water partition coefficient (Wildman–Crippen LogP) is 4.38. The van der Waals surface area contributed by atoms with Gasteiger partial charge in [0.05, 0.1) is 23.5 Å². The number of aromatic nitrogens is 2. The summed E-state index contributed by atoms with van der Waals surface area (Å²) in [6, 6.07) is 20.6. The Morgan fingerprint density at radius 2 is 1.51 bits per heavy atom. The molecule has 0 unspecified atom stereocenters. The van der Waals surface area contributed by atoms with Gasteiger partial charge in [-0.05, 0) is 93.4 Å². The Hall–Kier alpha value is -4.17. The van der Waals surface area contributed by atoms with Crippen LogP contribution >= 0.6 is 0 Å². The number of aliphatic hydroxyl groups excluding tert-OH is 1. The van der Waals surface area contributed by atoms with Crippen LogP contribution < -0.4 is 15.5 Å². The fraction of sp³-hybridized carbons (Fsp3) is 0.276. The predicted molar refractivity (Wildman–Crippen MR) is 146 cm³/mol. The van der Waals surface area contributed by atoms with Crippen molar-refractivity contribution in [2.45, 2.75) is 38.8 Å². The molecule has 190 valence electrons. The highest BCUT2D eigenvalue weighted by molar-refractivity contribution is 6.05. The van der Waals surface area contributed by atoms with Gasteiger partial charge in [-0.2, -0.15) is 5.10 Å². The molecule has 2 amide bonds. The molecule has 1 aromatic heterocycles. The Balaban J connectivity index is 1.27. The zero-order chi connectivity index (χ0) is 25.9. The fourth-order valence-corrected chi connectivity index (χ4v) is 4.57. The maximum absolute atomic E-state index is 12.8. The first-order valence-electron chi connectivity index (χ1n) is 12.6. The molecule has 8 nitrogen and oxygen atoms in total. The smallest absolute Gasteiger partial charge is 0.255 e. The molecular formula is C29H31N5O3. The van der Waals surface area contributed by atoms with Gasteiger partial charge in [0.2, 0.25) is 0 Å². The van der Waals surface area contributed by atoms with Crippen molar-refractivity contribution < 1.29 is 14.7 Å². The van der Waals surface area contributed by atoms with Crippen LogP contribution in [0.4, 0.5) is 11.4 Å². The second-order valence-electron chi connectivity index (χ2n) is 9.72. The van der Waals surface area contributed by atoms with Gasteiger partial charge in [-0.15, -0.1) is 0 Å². The van der Waals surface area contributed by atoms with E-state index in [0.29, 0.717) is 16.8 Å². The average molecular weight is 498 g/mol. The summed E-state index contributed by atoms with van der Waals surface area (Å²) in [5.41, 5.74) is 4.67. The van der Waals surface area contributed by atoms with E-state index >= 15 is 0 Å². The molecule has 1 aliphatic rings. The zero-order valence-corrected chi connectivity index (χ0v) is 21.0. The quantitative estimate of drug-likeness (QED) is 0.367. The van der Waals surface area contributed by atoms with Crippen LogP contribution in [0.15, 0.2) is 72.9 Å². The summed E-state index contributed by atoms with van der Waals surface area (Å²) in [6.45, 7) is 5.49. The minimum absolute atomic E-state index is 0.0756. The fourth-order valence-electron chi connectivity index (χ4n) is 4.57. The molecule has 3 N–H and O–H groups in total. The van der Waals surface area contributed by atoms with Gasteiger partial charge in [-0.1, -0.05) is 0 Å². The number of piperidine rings is 1. The normalized spacial score (nSPS) is 14.2. The van der Waals surface area contributed by atoms with Crippen molar-refractivity contribution in [3.8, 4) is 5.69 Å². The van der Waals surface area contributed by atoms with E-state index in [1.165, 1.54) is 0 Å². The van der Waals surface area contributed by atoms with E-state index in [0.717, 1.165) is 48.2 Å². The number of aliphatic hydroxyl groups is 1. The number of amides is 2. The number of nitrogens with one attached hydrogen (secondary N) is 2. The Bertz CT molecular complexity index is 1400. The summed E-state index contributed by atoms with van der Waals surface area (Å²) >= 11 is 0. The summed E-state index contributed by atoms with van der Waals surface area (Å²) in [5, 5.41) is 21.0. The van der Waals surface area contributed by atoms with Gasteiger partial charge in [0.15, 0.2) is 0 Å². The van der Waals surface area contributed by atoms with Crippen molar-refractivity contribution in [2.75, 3.05) is 23.3 Å². The number of fused-ring (bicyclic) bond motifs is 1. The summed E-state index contributed by atoms with van der Waals surface area (Å²) in [7, 11) is 0. The molecule has 8 heteroatoms. The highest BCUT2D eigenvalue weighted by Gasteiger charge is 2.18. The lowest BCUT2D eigenvalue weighted by molar-refractivity contribution is 0.0942. The second kappa shape index (κ2) is 10.4. The van der Waals surface area contributed by atoms with Crippen LogP contribution in [-0.4, -0.2) is 51.9 Å². The second-order valence-corrected chi connectivity index (χ2v) is 9.72. The molecular weight excluding hydrogens is 466 g/mol. The minimum atomic E-state index is -0.214. The SMILES string of the molecule is CC(C)NC(=O)c1ccc(-n2ncc3cc(NC(=O)c4ccc(N5CCC(O)CC5)cc4)ccc32)cc1. The number of hydrogen-bond acceptors (Lipinski definition) is 5. The Kier molecular flexibility index (Phi) is 6.92. The van der Waals surface area contributed by atoms with Crippen molar-refractivity contribution >= 4 is 34.1 Å². The number of benzene rings is 3. The van der Waals surface area contributed by atoms with Crippen molar-refractivity contribution in [1.82, 2.24) is 15.1 Å². The third-order valence-corrected chi connectivity index (χ3v) is 6.58. The van der Waals surface area contributed by atoms with E-state index in [-0.39, 0.29) is 24.0 Å². The van der Waals surface area contributed by atoms with Crippen LogP contribution in [0.3, 0.4) is 0 Å². The third kappa shape index (κ3) is 5.49. The largest absolute Gasteiger partial charge is 0.393 e. The number of anilines is 2. The van der Waals surface area contributed by atoms with Crippen LogP contribution in [0.25, 0.3) is 16.6 Å². The number of nitrogens with zero attached hydrogens (tertiary/aromatic N) is 3. The Morgan fingerprint density at radius 1 is 0.892 bits per heavy atom. The maximum atomic E-state index is 12.8. The van der Waals surface area contributed by atoms with Crippen molar-refractivity contribution in [3.63, 3.8) is 0 Å². The van der Waals surface area contributed by atoms with Crippen LogP contribution in [0.1, 0.15) is 47.4 Å². The van der Waals surface area contributed by atoms with Crippen LogP contribution in [0.2, 0.25) is 0 Å². The van der Waals surface area contributed by atoms with Crippen molar-refractivity contribution in [1.29, 1.82) is 0 Å². The van der Waals surface area contributed by atoms with E-state index in [9.17, 15) is 14.7 Å². The van der Waals surface area contributed by atoms with Crippen molar-refractivity contribution in [2.24, 2.45) is 0 Å². The first-order chi connectivity index (χ1) is 17.9. The topological polar surface area (TPSA) is 99.5 Å². The lowest BCUT2D eigenvalue weighted by atomic mass is 10.1. The lowest BCUT2D eigenvalue weighted by Crippen LogP contribution is -2.35. The van der Waals surface area contributed by atoms with E-state index in [1.807, 2.05) is 73.1 Å². The lowest BCUT2D eigenvalue weighted by Gasteiger charge is -2.31. The number of rotatable bonds is 6. The monoisotopic (exact) mass is 497 g/mol. The van der Waals surface area contributed by atoms with E-state index < -0.39 is 0 Å². The minimum Gasteiger partial charge on any atom is -0.393 e. The molecule has 0 aliphatic carbocycles. The standard InChI is InChI=1S/C29H31N5O3/c1-19(2)31-28(36)20-5-10-25(11-6-20)34-27-12-7-23(17-22(27)18-30-34)32-29(37)21-3-8-24(9-4-21)33-15-13-26(35)14-16-33/h3-12,17-19,26,35H,13-16H2,1-2H3,(H,31,36)(H,32,37). The molecule has 37 heavy (non-hydrogen) atoms. The number of carbonyl (C=O) groups excluding carboxylic acids is 2. The van der Waals surface area contributed by atoms with Crippen molar-refractivity contribution in [3.05, 3.63) is 84.1 Å². The Morgan fingerprint density at radius 3 is 2.16 bits per heavy atom. The Labute approximate surface area is 215 Å². The van der Waals surface area contributed by atoms with Gasteiger partial charge < -0.3 is 20.6 Å². The van der Waals surface area contributed by atoms with Crippen LogP contribution in [0.5, 0.6) is 0 Å². The molecule has 0 saturated carbocycles. The molecule has 1 saturated heterocycles. The average Bonchev–Trinajstić information content (AvgIpc) is 3.32. The highest BCUT2D eigenvalue weighted by atomic mass is 16.3. The molecule has 1 aliphatic heterocycles. The van der Waals surface area contributed by atoms with E-state index in [2.05, 4.69) is 20.6 Å². The molecule has 5 rings (SSSR count). The molecule has 0 atom stereocenters. The third-order valence-electron chi connectivity index (χ3n) is 6.58. The zero-order valence-electron chi connectivity index (χ0n) is 21.0.